The lowest BCUT2D eigenvalue weighted by Crippen LogP contribution is -2.29. The average Bonchev–Trinajstić information content (AvgIpc) is 3.31. The molecule has 28 heavy (non-hydrogen) atoms. The Kier molecular flexibility index (Phi) is 3.67. The molecule has 0 radical (unpaired) electrons. The van der Waals surface area contributed by atoms with Crippen LogP contribution in [-0.2, 0) is 0 Å². The van der Waals surface area contributed by atoms with E-state index in [0.717, 1.165) is 11.1 Å². The Bertz CT molecular complexity index is 1280. The first kappa shape index (κ1) is 16.8. The van der Waals surface area contributed by atoms with E-state index >= 15 is 0 Å². The van der Waals surface area contributed by atoms with Crippen molar-refractivity contribution < 1.29 is 9.21 Å². The lowest BCUT2D eigenvalue weighted by molar-refractivity contribution is 0.0970. The van der Waals surface area contributed by atoms with Gasteiger partial charge in [0, 0.05) is 17.8 Å². The Balaban J connectivity index is 1.85. The zero-order valence-electron chi connectivity index (χ0n) is 15.2. The van der Waals surface area contributed by atoms with Gasteiger partial charge in [-0.05, 0) is 49.2 Å². The third kappa shape index (κ3) is 2.33. The molecule has 0 aliphatic carbocycles. The molecular weight excluding hydrogens is 374 g/mol. The van der Waals surface area contributed by atoms with Gasteiger partial charge in [-0.1, -0.05) is 6.07 Å². The lowest BCUT2D eigenvalue weighted by atomic mass is 10.0. The van der Waals surface area contributed by atoms with Crippen LogP contribution in [0.15, 0.2) is 57.3 Å². The number of aryl methyl sites for hydroxylation is 2. The first-order valence-electron chi connectivity index (χ1n) is 8.78. The minimum absolute atomic E-state index is 0.0617. The number of rotatable bonds is 2. The molecule has 0 fully saturated rings. The number of amides is 1. The van der Waals surface area contributed by atoms with Crippen LogP contribution in [0.4, 0.5) is 5.13 Å². The molecule has 1 amide bonds. The van der Waals surface area contributed by atoms with E-state index in [0.29, 0.717) is 27.4 Å². The molecule has 1 aliphatic rings. The minimum Gasteiger partial charge on any atom is -0.450 e. The Morgan fingerprint density at radius 2 is 1.89 bits per heavy atom. The van der Waals surface area contributed by atoms with Crippen molar-refractivity contribution >= 4 is 33.3 Å². The Morgan fingerprint density at radius 1 is 1.07 bits per heavy atom. The molecule has 138 valence electrons. The highest BCUT2D eigenvalue weighted by Crippen LogP contribution is 2.41. The van der Waals surface area contributed by atoms with Crippen LogP contribution in [0.5, 0.6) is 0 Å². The summed E-state index contributed by atoms with van der Waals surface area (Å²) in [5, 5.41) is 2.76. The molecule has 0 bridgehead atoms. The first-order valence-corrected chi connectivity index (χ1v) is 9.66. The summed E-state index contributed by atoms with van der Waals surface area (Å²) in [5.74, 6) is -0.315. The summed E-state index contributed by atoms with van der Waals surface area (Å²) in [5.41, 5.74) is 3.12. The Hall–Kier alpha value is -3.32. The number of hydrogen-bond acceptors (Lipinski definition) is 6. The van der Waals surface area contributed by atoms with Crippen molar-refractivity contribution in [3.05, 3.63) is 86.5 Å². The van der Waals surface area contributed by atoms with Gasteiger partial charge in [-0.15, -0.1) is 11.3 Å². The van der Waals surface area contributed by atoms with Crippen LogP contribution in [0.3, 0.4) is 0 Å². The number of carbonyl (C=O) groups excluding carboxylic acids is 1. The number of anilines is 1. The van der Waals surface area contributed by atoms with E-state index < -0.39 is 6.04 Å². The zero-order valence-corrected chi connectivity index (χ0v) is 16.0. The second-order valence-electron chi connectivity index (χ2n) is 6.75. The molecule has 0 N–H and O–H groups in total. The zero-order chi connectivity index (χ0) is 19.4. The first-order chi connectivity index (χ1) is 13.6. The largest absolute Gasteiger partial charge is 0.450 e. The van der Waals surface area contributed by atoms with Gasteiger partial charge in [0.05, 0.1) is 16.6 Å². The Labute approximate surface area is 164 Å². The number of hydrogen-bond donors (Lipinski definition) is 0. The minimum atomic E-state index is -0.669. The summed E-state index contributed by atoms with van der Waals surface area (Å²) < 4.78 is 5.97. The topological polar surface area (TPSA) is 76.3 Å². The quantitative estimate of drug-likeness (QED) is 0.518. The van der Waals surface area contributed by atoms with Crippen LogP contribution in [-0.4, -0.2) is 15.9 Å². The Morgan fingerprint density at radius 3 is 2.61 bits per heavy atom. The highest BCUT2D eigenvalue weighted by atomic mass is 32.1. The maximum atomic E-state index is 13.4. The standard InChI is InChI=1S/C21H15N3O3S/c1-11-9-13-15(10-12(11)2)27-19-16(18(13)25)17(14-5-3-4-6-22-14)24(20(19)26)21-23-7-8-28-21/h3-10,17H,1-2H3. The fourth-order valence-electron chi connectivity index (χ4n) is 3.58. The normalized spacial score (nSPS) is 16.0. The third-order valence-corrected chi connectivity index (χ3v) is 5.85. The molecule has 0 spiro atoms. The predicted molar refractivity (Wildman–Crippen MR) is 107 cm³/mol. The van der Waals surface area contributed by atoms with Crippen molar-refractivity contribution in [2.24, 2.45) is 0 Å². The fourth-order valence-corrected chi connectivity index (χ4v) is 4.24. The van der Waals surface area contributed by atoms with E-state index in [2.05, 4.69) is 9.97 Å². The monoisotopic (exact) mass is 389 g/mol. The number of fused-ring (bicyclic) bond motifs is 2. The van der Waals surface area contributed by atoms with Gasteiger partial charge < -0.3 is 4.42 Å². The maximum Gasteiger partial charge on any atom is 0.297 e. The highest BCUT2D eigenvalue weighted by molar-refractivity contribution is 7.13. The smallest absolute Gasteiger partial charge is 0.297 e. The van der Waals surface area contributed by atoms with Crippen LogP contribution in [0.1, 0.15) is 39.0 Å². The van der Waals surface area contributed by atoms with Gasteiger partial charge in [0.15, 0.2) is 10.6 Å². The maximum absolute atomic E-state index is 13.4. The van der Waals surface area contributed by atoms with Crippen molar-refractivity contribution in [1.29, 1.82) is 0 Å². The fraction of sp³-hybridized carbons (Fsp3) is 0.143. The molecule has 4 heterocycles. The van der Waals surface area contributed by atoms with E-state index in [-0.39, 0.29) is 17.1 Å². The second-order valence-corrected chi connectivity index (χ2v) is 7.63. The molecule has 0 saturated carbocycles. The van der Waals surface area contributed by atoms with Gasteiger partial charge in [0.25, 0.3) is 5.91 Å². The third-order valence-electron chi connectivity index (χ3n) is 5.08. The van der Waals surface area contributed by atoms with Crippen LogP contribution in [0.25, 0.3) is 11.0 Å². The molecule has 4 aromatic rings. The molecule has 3 aromatic heterocycles. The lowest BCUT2D eigenvalue weighted by Gasteiger charge is -2.21. The van der Waals surface area contributed by atoms with Gasteiger partial charge in [0.1, 0.15) is 11.6 Å². The van der Waals surface area contributed by atoms with Crippen LogP contribution >= 0.6 is 11.3 Å². The van der Waals surface area contributed by atoms with Gasteiger partial charge in [-0.3, -0.25) is 19.5 Å². The highest BCUT2D eigenvalue weighted by Gasteiger charge is 2.45. The summed E-state index contributed by atoms with van der Waals surface area (Å²) in [7, 11) is 0. The molecule has 0 saturated heterocycles. The average molecular weight is 389 g/mol. The van der Waals surface area contributed by atoms with E-state index in [9.17, 15) is 9.59 Å². The summed E-state index contributed by atoms with van der Waals surface area (Å²) in [6.07, 6.45) is 3.28. The molecule has 7 heteroatoms. The second kappa shape index (κ2) is 6.10. The predicted octanol–water partition coefficient (Wildman–Crippen LogP) is 4.01. The SMILES string of the molecule is Cc1cc2oc3c(c(=O)c2cc1C)C(c1ccccn1)N(c1nccs1)C3=O. The number of pyridine rings is 1. The van der Waals surface area contributed by atoms with Crippen LogP contribution in [0, 0.1) is 13.8 Å². The van der Waals surface area contributed by atoms with Gasteiger partial charge >= 0.3 is 0 Å². The van der Waals surface area contributed by atoms with E-state index in [1.165, 1.54) is 16.2 Å². The van der Waals surface area contributed by atoms with Gasteiger partial charge in [-0.25, -0.2) is 4.98 Å². The van der Waals surface area contributed by atoms with Gasteiger partial charge in [0.2, 0.25) is 5.76 Å². The molecule has 1 atom stereocenters. The molecule has 1 unspecified atom stereocenters. The summed E-state index contributed by atoms with van der Waals surface area (Å²) in [4.78, 5) is 36.9. The van der Waals surface area contributed by atoms with Crippen molar-refractivity contribution in [3.63, 3.8) is 0 Å². The summed E-state index contributed by atoms with van der Waals surface area (Å²) >= 11 is 1.33. The van der Waals surface area contributed by atoms with Crippen molar-refractivity contribution in [3.8, 4) is 0 Å². The summed E-state index contributed by atoms with van der Waals surface area (Å²) in [6, 6.07) is 8.39. The van der Waals surface area contributed by atoms with Crippen LogP contribution < -0.4 is 10.3 Å². The van der Waals surface area contributed by atoms with Gasteiger partial charge in [-0.2, -0.15) is 0 Å². The number of aromatic nitrogens is 2. The van der Waals surface area contributed by atoms with Crippen molar-refractivity contribution in [2.45, 2.75) is 19.9 Å². The van der Waals surface area contributed by atoms with E-state index in [1.807, 2.05) is 26.0 Å². The number of thiazole rings is 1. The number of benzene rings is 1. The van der Waals surface area contributed by atoms with Crippen LogP contribution in [0.2, 0.25) is 0 Å². The summed E-state index contributed by atoms with van der Waals surface area (Å²) in [6.45, 7) is 3.90. The van der Waals surface area contributed by atoms with E-state index in [4.69, 9.17) is 4.42 Å². The number of nitrogens with zero attached hydrogens (tertiary/aromatic N) is 3. The van der Waals surface area contributed by atoms with Crippen molar-refractivity contribution in [1.82, 2.24) is 9.97 Å². The van der Waals surface area contributed by atoms with E-state index in [1.54, 1.807) is 36.0 Å². The number of carbonyl (C=O) groups is 1. The molecular formula is C21H15N3O3S. The molecule has 1 aromatic carbocycles. The molecule has 6 nitrogen and oxygen atoms in total. The molecule has 1 aliphatic heterocycles. The van der Waals surface area contributed by atoms with Crippen molar-refractivity contribution in [2.75, 3.05) is 4.90 Å². The molecule has 5 rings (SSSR count).